The van der Waals surface area contributed by atoms with Gasteiger partial charge in [-0.1, -0.05) is 11.6 Å². The van der Waals surface area contributed by atoms with Gasteiger partial charge in [0, 0.05) is 32.6 Å². The summed E-state index contributed by atoms with van der Waals surface area (Å²) in [4.78, 5) is 11.5. The van der Waals surface area contributed by atoms with Crippen LogP contribution in [0.25, 0.3) is 0 Å². The number of nitrogens with one attached hydrogen (secondary N) is 1. The summed E-state index contributed by atoms with van der Waals surface area (Å²) in [5.41, 5.74) is 0.609. The van der Waals surface area contributed by atoms with Crippen molar-refractivity contribution in [2.45, 2.75) is 52.4 Å². The fourth-order valence-corrected chi connectivity index (χ4v) is 3.48. The number of hydrogen-bond donors (Lipinski definition) is 1. The molecule has 1 aliphatic carbocycles. The number of guanidine groups is 1. The second-order valence-electron chi connectivity index (χ2n) is 6.60. The van der Waals surface area contributed by atoms with Crippen molar-refractivity contribution in [3.8, 4) is 0 Å². The van der Waals surface area contributed by atoms with Crippen molar-refractivity contribution < 1.29 is 4.52 Å². The second-order valence-corrected chi connectivity index (χ2v) is 6.60. The molecule has 0 amide bonds. The second kappa shape index (κ2) is 6.67. The smallest absolute Gasteiger partial charge is 0.226 e. The lowest BCUT2D eigenvalue weighted by Gasteiger charge is -2.38. The van der Waals surface area contributed by atoms with Crippen LogP contribution in [0.4, 0.5) is 0 Å². The fraction of sp³-hybridized carbons (Fsp3) is 0.812. The highest BCUT2D eigenvalue weighted by Gasteiger charge is 2.43. The summed E-state index contributed by atoms with van der Waals surface area (Å²) in [6, 6.07) is 0. The summed E-state index contributed by atoms with van der Waals surface area (Å²) in [7, 11) is 0. The van der Waals surface area contributed by atoms with E-state index in [-0.39, 0.29) is 0 Å². The van der Waals surface area contributed by atoms with Crippen LogP contribution < -0.4 is 5.32 Å². The minimum atomic E-state index is 0.609. The van der Waals surface area contributed by atoms with Crippen LogP contribution in [0.3, 0.4) is 0 Å². The molecule has 1 aromatic rings. The number of likely N-dealkylation sites (tertiary alicyclic amines) is 1. The number of aliphatic imine (C=N–C) groups is 1. The van der Waals surface area contributed by atoms with E-state index < -0.39 is 0 Å². The zero-order valence-electron chi connectivity index (χ0n) is 13.8. The Morgan fingerprint density at radius 1 is 1.41 bits per heavy atom. The van der Waals surface area contributed by atoms with E-state index in [0.717, 1.165) is 38.4 Å². The van der Waals surface area contributed by atoms with E-state index in [1.165, 1.54) is 32.2 Å². The van der Waals surface area contributed by atoms with Crippen molar-refractivity contribution in [1.29, 1.82) is 0 Å². The molecule has 1 saturated carbocycles. The summed E-state index contributed by atoms with van der Waals surface area (Å²) in [6.45, 7) is 8.03. The Labute approximate surface area is 132 Å². The van der Waals surface area contributed by atoms with E-state index in [4.69, 9.17) is 9.52 Å². The predicted molar refractivity (Wildman–Crippen MR) is 85.8 cm³/mol. The van der Waals surface area contributed by atoms with Gasteiger partial charge in [0.2, 0.25) is 5.89 Å². The summed E-state index contributed by atoms with van der Waals surface area (Å²) >= 11 is 0. The van der Waals surface area contributed by atoms with Crippen LogP contribution in [-0.4, -0.2) is 47.2 Å². The molecule has 0 radical (unpaired) electrons. The average molecular weight is 305 g/mol. The van der Waals surface area contributed by atoms with Crippen molar-refractivity contribution >= 4 is 5.96 Å². The molecule has 2 aliphatic rings. The Morgan fingerprint density at radius 2 is 2.27 bits per heavy atom. The number of rotatable bonds is 5. The van der Waals surface area contributed by atoms with Crippen LogP contribution in [0.2, 0.25) is 0 Å². The zero-order valence-corrected chi connectivity index (χ0v) is 13.8. The third-order valence-corrected chi connectivity index (χ3v) is 4.87. The minimum Gasteiger partial charge on any atom is -0.357 e. The van der Waals surface area contributed by atoms with Gasteiger partial charge in [-0.15, -0.1) is 0 Å². The summed E-state index contributed by atoms with van der Waals surface area (Å²) in [5, 5.41) is 7.25. The van der Waals surface area contributed by atoms with Crippen molar-refractivity contribution in [1.82, 2.24) is 20.4 Å². The quantitative estimate of drug-likeness (QED) is 0.513. The van der Waals surface area contributed by atoms with E-state index in [1.807, 2.05) is 6.92 Å². The highest BCUT2D eigenvalue weighted by atomic mass is 16.5. The normalized spacial score (nSPS) is 20.5. The summed E-state index contributed by atoms with van der Waals surface area (Å²) in [6.07, 6.45) is 7.28. The fourth-order valence-electron chi connectivity index (χ4n) is 3.48. The molecule has 1 aromatic heterocycles. The molecule has 2 heterocycles. The Morgan fingerprint density at radius 3 is 2.86 bits per heavy atom. The van der Waals surface area contributed by atoms with Crippen molar-refractivity contribution in [2.24, 2.45) is 10.4 Å². The first-order chi connectivity index (χ1) is 10.7. The van der Waals surface area contributed by atoms with Crippen LogP contribution >= 0.6 is 0 Å². The van der Waals surface area contributed by atoms with Gasteiger partial charge in [-0.2, -0.15) is 4.98 Å². The minimum absolute atomic E-state index is 0.609. The van der Waals surface area contributed by atoms with Crippen molar-refractivity contribution in [3.05, 3.63) is 11.7 Å². The maximum absolute atomic E-state index is 5.13. The van der Waals surface area contributed by atoms with Gasteiger partial charge >= 0.3 is 0 Å². The maximum Gasteiger partial charge on any atom is 0.226 e. The van der Waals surface area contributed by atoms with Gasteiger partial charge in [-0.3, -0.25) is 4.99 Å². The molecule has 0 unspecified atom stereocenters. The van der Waals surface area contributed by atoms with E-state index in [2.05, 4.69) is 27.3 Å². The molecule has 0 atom stereocenters. The van der Waals surface area contributed by atoms with Crippen LogP contribution in [0.5, 0.6) is 0 Å². The molecule has 22 heavy (non-hydrogen) atoms. The SMILES string of the molecule is CCNC(=NCCCc1nc(C)no1)N1CCC2(CCC2)C1. The molecule has 1 saturated heterocycles. The molecular formula is C16H27N5O. The van der Waals surface area contributed by atoms with Gasteiger partial charge in [0.1, 0.15) is 0 Å². The molecule has 6 nitrogen and oxygen atoms in total. The van der Waals surface area contributed by atoms with Gasteiger partial charge in [-0.05, 0) is 44.9 Å². The molecule has 2 fully saturated rings. The van der Waals surface area contributed by atoms with Gasteiger partial charge in [0.05, 0.1) is 0 Å². The van der Waals surface area contributed by atoms with Crippen LogP contribution in [0, 0.1) is 12.3 Å². The Bertz CT molecular complexity index is 520. The predicted octanol–water partition coefficient (Wildman–Crippen LogP) is 2.15. The third kappa shape index (κ3) is 3.42. The molecule has 1 aliphatic heterocycles. The first-order valence-corrected chi connectivity index (χ1v) is 8.53. The first kappa shape index (κ1) is 15.3. The van der Waals surface area contributed by atoms with Gasteiger partial charge in [0.15, 0.2) is 11.8 Å². The number of aryl methyl sites for hydroxylation is 2. The largest absolute Gasteiger partial charge is 0.357 e. The highest BCUT2D eigenvalue weighted by Crippen LogP contribution is 2.47. The van der Waals surface area contributed by atoms with E-state index >= 15 is 0 Å². The van der Waals surface area contributed by atoms with E-state index in [0.29, 0.717) is 17.1 Å². The molecular weight excluding hydrogens is 278 g/mol. The summed E-state index contributed by atoms with van der Waals surface area (Å²) < 4.78 is 5.13. The average Bonchev–Trinajstić information content (AvgIpc) is 3.08. The Hall–Kier alpha value is -1.59. The lowest BCUT2D eigenvalue weighted by molar-refractivity contribution is 0.151. The highest BCUT2D eigenvalue weighted by molar-refractivity contribution is 5.80. The van der Waals surface area contributed by atoms with Gasteiger partial charge in [0.25, 0.3) is 0 Å². The van der Waals surface area contributed by atoms with Crippen molar-refractivity contribution in [3.63, 3.8) is 0 Å². The number of nitrogens with zero attached hydrogens (tertiary/aromatic N) is 4. The number of aromatic nitrogens is 2. The van der Waals surface area contributed by atoms with E-state index in [1.54, 1.807) is 0 Å². The standard InChI is InChI=1S/C16H27N5O/c1-3-17-15(21-11-9-16(12-21)7-5-8-16)18-10-4-6-14-19-13(2)20-22-14/h3-12H2,1-2H3,(H,17,18). The topological polar surface area (TPSA) is 66.5 Å². The molecule has 1 N–H and O–H groups in total. The van der Waals surface area contributed by atoms with Gasteiger partial charge < -0.3 is 14.7 Å². The summed E-state index contributed by atoms with van der Waals surface area (Å²) in [5.74, 6) is 2.50. The molecule has 0 bridgehead atoms. The first-order valence-electron chi connectivity index (χ1n) is 8.53. The molecule has 1 spiro atoms. The molecule has 3 rings (SSSR count). The number of hydrogen-bond acceptors (Lipinski definition) is 4. The monoisotopic (exact) mass is 305 g/mol. The van der Waals surface area contributed by atoms with Crippen molar-refractivity contribution in [2.75, 3.05) is 26.2 Å². The van der Waals surface area contributed by atoms with Crippen LogP contribution in [-0.2, 0) is 6.42 Å². The molecule has 6 heteroatoms. The van der Waals surface area contributed by atoms with E-state index in [9.17, 15) is 0 Å². The van der Waals surface area contributed by atoms with Crippen LogP contribution in [0.15, 0.2) is 9.52 Å². The lowest BCUT2D eigenvalue weighted by Crippen LogP contribution is -2.42. The zero-order chi connectivity index (χ0) is 15.4. The molecule has 0 aromatic carbocycles. The lowest BCUT2D eigenvalue weighted by atomic mass is 9.68. The molecule has 122 valence electrons. The van der Waals surface area contributed by atoms with Gasteiger partial charge in [-0.25, -0.2) is 0 Å². The Kier molecular flexibility index (Phi) is 4.64. The third-order valence-electron chi connectivity index (χ3n) is 4.87. The Balaban J connectivity index is 1.49. The van der Waals surface area contributed by atoms with Crippen LogP contribution in [0.1, 0.15) is 50.7 Å². The maximum atomic E-state index is 5.13.